The summed E-state index contributed by atoms with van der Waals surface area (Å²) in [5.41, 5.74) is 0.655. The van der Waals surface area contributed by atoms with Crippen LogP contribution in [0, 0.1) is 10.1 Å². The first-order valence-electron chi connectivity index (χ1n) is 8.19. The van der Waals surface area contributed by atoms with Gasteiger partial charge in [0.05, 0.1) is 12.0 Å². The maximum atomic E-state index is 11.6. The van der Waals surface area contributed by atoms with E-state index in [2.05, 4.69) is 9.97 Å². The number of para-hydroxylation sites is 2. The number of aromatic nitrogens is 2. The molecule has 3 rings (SSSR count). The number of benzene rings is 2. The van der Waals surface area contributed by atoms with Crippen LogP contribution in [0.4, 0.5) is 5.69 Å². The quantitative estimate of drug-likeness (QED) is 0.447. The highest BCUT2D eigenvalue weighted by atomic mass is 16.6. The fraction of sp³-hybridized carbons (Fsp3) is 0.158. The van der Waals surface area contributed by atoms with Crippen molar-refractivity contribution < 1.29 is 19.1 Å². The lowest BCUT2D eigenvalue weighted by atomic mass is 10.2. The number of nitrogens with zero attached hydrogens (tertiary/aromatic N) is 3. The summed E-state index contributed by atoms with van der Waals surface area (Å²) < 4.78 is 16.4. The average molecular weight is 367 g/mol. The van der Waals surface area contributed by atoms with Crippen LogP contribution in [-0.4, -0.2) is 22.0 Å². The zero-order chi connectivity index (χ0) is 19.2. The Bertz CT molecular complexity index is 944. The van der Waals surface area contributed by atoms with Crippen molar-refractivity contribution in [2.24, 2.45) is 0 Å². The number of ether oxygens (including phenoxy) is 3. The van der Waals surface area contributed by atoms with Crippen molar-refractivity contribution in [3.8, 4) is 29.0 Å². The summed E-state index contributed by atoms with van der Waals surface area (Å²) in [5.74, 6) is 0.698. The number of hydrogen-bond donors (Lipinski definition) is 0. The number of rotatable bonds is 7. The van der Waals surface area contributed by atoms with Gasteiger partial charge < -0.3 is 14.2 Å². The Morgan fingerprint density at radius 3 is 2.19 bits per heavy atom. The van der Waals surface area contributed by atoms with Crippen molar-refractivity contribution in [1.29, 1.82) is 0 Å². The fourth-order valence-electron chi connectivity index (χ4n) is 2.37. The molecule has 1 heterocycles. The number of methoxy groups -OCH3 is 1. The molecule has 0 bridgehead atoms. The highest BCUT2D eigenvalue weighted by molar-refractivity contribution is 5.53. The van der Waals surface area contributed by atoms with Crippen molar-refractivity contribution in [2.75, 3.05) is 7.11 Å². The molecule has 0 aliphatic heterocycles. The molecule has 0 radical (unpaired) electrons. The van der Waals surface area contributed by atoms with Crippen LogP contribution in [0.1, 0.15) is 12.5 Å². The van der Waals surface area contributed by atoms with Gasteiger partial charge in [-0.1, -0.05) is 31.2 Å². The van der Waals surface area contributed by atoms with Crippen LogP contribution in [0.5, 0.6) is 29.0 Å². The maximum Gasteiger partial charge on any atom is 0.393 e. The molecule has 138 valence electrons. The average Bonchev–Trinajstić information content (AvgIpc) is 2.69. The summed E-state index contributed by atoms with van der Waals surface area (Å²) in [6.45, 7) is 2.03. The monoisotopic (exact) mass is 367 g/mol. The van der Waals surface area contributed by atoms with Crippen molar-refractivity contribution in [3.63, 3.8) is 0 Å². The lowest BCUT2D eigenvalue weighted by molar-refractivity contribution is -0.387. The predicted molar refractivity (Wildman–Crippen MR) is 97.6 cm³/mol. The Morgan fingerprint density at radius 1 is 0.963 bits per heavy atom. The van der Waals surface area contributed by atoms with Crippen LogP contribution in [-0.2, 0) is 6.42 Å². The zero-order valence-electron chi connectivity index (χ0n) is 14.8. The predicted octanol–water partition coefficient (Wildman–Crippen LogP) is 4.54. The normalized spacial score (nSPS) is 10.3. The Hall–Kier alpha value is -3.68. The molecular weight excluding hydrogens is 350 g/mol. The lowest BCUT2D eigenvalue weighted by Crippen LogP contribution is -2.01. The first-order valence-corrected chi connectivity index (χ1v) is 8.19. The van der Waals surface area contributed by atoms with Crippen LogP contribution in [0.2, 0.25) is 0 Å². The summed E-state index contributed by atoms with van der Waals surface area (Å²) in [6, 6.07) is 14.0. The van der Waals surface area contributed by atoms with E-state index >= 15 is 0 Å². The van der Waals surface area contributed by atoms with Crippen LogP contribution in [0.25, 0.3) is 0 Å². The van der Waals surface area contributed by atoms with Crippen LogP contribution >= 0.6 is 0 Å². The molecule has 27 heavy (non-hydrogen) atoms. The number of nitro groups is 1. The second-order valence-electron chi connectivity index (χ2n) is 5.44. The summed E-state index contributed by atoms with van der Waals surface area (Å²) in [4.78, 5) is 18.8. The van der Waals surface area contributed by atoms with E-state index in [4.69, 9.17) is 14.2 Å². The van der Waals surface area contributed by atoms with Crippen molar-refractivity contribution in [1.82, 2.24) is 9.97 Å². The van der Waals surface area contributed by atoms with E-state index in [1.165, 1.54) is 7.11 Å². The molecule has 0 saturated carbocycles. The molecule has 1 aromatic heterocycles. The van der Waals surface area contributed by atoms with Crippen molar-refractivity contribution in [2.45, 2.75) is 13.3 Å². The topological polar surface area (TPSA) is 96.6 Å². The molecule has 0 spiro atoms. The van der Waals surface area contributed by atoms with Crippen LogP contribution in [0.15, 0.2) is 54.9 Å². The summed E-state index contributed by atoms with van der Waals surface area (Å²) in [6.07, 6.45) is 2.03. The van der Waals surface area contributed by atoms with Gasteiger partial charge in [-0.2, -0.15) is 9.97 Å². The van der Waals surface area contributed by atoms with Gasteiger partial charge in [-0.25, -0.2) is 0 Å². The molecule has 0 N–H and O–H groups in total. The van der Waals surface area contributed by atoms with Crippen LogP contribution in [0.3, 0.4) is 0 Å². The first kappa shape index (κ1) is 18.1. The van der Waals surface area contributed by atoms with E-state index in [1.807, 2.05) is 19.1 Å². The van der Waals surface area contributed by atoms with Gasteiger partial charge in [-0.15, -0.1) is 0 Å². The fourth-order valence-corrected chi connectivity index (χ4v) is 2.37. The second-order valence-corrected chi connectivity index (χ2v) is 5.44. The minimum atomic E-state index is -0.638. The van der Waals surface area contributed by atoms with Gasteiger partial charge >= 0.3 is 17.4 Å². The van der Waals surface area contributed by atoms with Crippen molar-refractivity contribution >= 4 is 5.69 Å². The molecule has 0 aliphatic carbocycles. The third-order valence-corrected chi connectivity index (χ3v) is 3.76. The van der Waals surface area contributed by atoms with Gasteiger partial charge in [-0.05, 0) is 36.2 Å². The van der Waals surface area contributed by atoms with Gasteiger partial charge in [0.2, 0.25) is 0 Å². The molecule has 0 amide bonds. The molecule has 2 aromatic carbocycles. The highest BCUT2D eigenvalue weighted by Crippen LogP contribution is 2.39. The van der Waals surface area contributed by atoms with Crippen molar-refractivity contribution in [3.05, 3.63) is 70.5 Å². The van der Waals surface area contributed by atoms with Crippen LogP contribution < -0.4 is 14.2 Å². The minimum Gasteiger partial charge on any atom is -0.493 e. The summed E-state index contributed by atoms with van der Waals surface area (Å²) in [7, 11) is 1.48. The molecule has 0 fully saturated rings. The van der Waals surface area contributed by atoms with E-state index in [0.717, 1.165) is 18.3 Å². The Balaban J connectivity index is 1.95. The second kappa shape index (κ2) is 8.13. The largest absolute Gasteiger partial charge is 0.493 e. The van der Waals surface area contributed by atoms with E-state index in [0.29, 0.717) is 17.2 Å². The molecule has 0 unspecified atom stereocenters. The standard InChI is InChI=1S/C19H17N3O5/c1-3-13-8-10-14(11-9-13)26-18-17(22(23)24)19(21-12-20-18)27-16-7-5-4-6-15(16)25-2/h4-12H,3H2,1-2H3. The molecule has 0 aliphatic rings. The minimum absolute atomic E-state index is 0.204. The van der Waals surface area contributed by atoms with Gasteiger partial charge in [0, 0.05) is 0 Å². The summed E-state index contributed by atoms with van der Waals surface area (Å²) >= 11 is 0. The van der Waals surface area contributed by atoms with E-state index in [-0.39, 0.29) is 11.8 Å². The molecule has 3 aromatic rings. The zero-order valence-corrected chi connectivity index (χ0v) is 14.8. The number of aryl methyl sites for hydroxylation is 1. The first-order chi connectivity index (χ1) is 13.1. The molecular formula is C19H17N3O5. The smallest absolute Gasteiger partial charge is 0.393 e. The number of hydrogen-bond acceptors (Lipinski definition) is 7. The summed E-state index contributed by atoms with van der Waals surface area (Å²) in [5, 5.41) is 11.6. The third-order valence-electron chi connectivity index (χ3n) is 3.76. The molecule has 8 nitrogen and oxygen atoms in total. The maximum absolute atomic E-state index is 11.6. The molecule has 0 saturated heterocycles. The molecule has 8 heteroatoms. The van der Waals surface area contributed by atoms with E-state index in [9.17, 15) is 10.1 Å². The highest BCUT2D eigenvalue weighted by Gasteiger charge is 2.27. The lowest BCUT2D eigenvalue weighted by Gasteiger charge is -2.11. The Kier molecular flexibility index (Phi) is 5.46. The SMILES string of the molecule is CCc1ccc(Oc2ncnc(Oc3ccccc3OC)c2[N+](=O)[O-])cc1. The van der Waals surface area contributed by atoms with Gasteiger partial charge in [0.25, 0.3) is 0 Å². The van der Waals surface area contributed by atoms with Gasteiger partial charge in [0.1, 0.15) is 12.1 Å². The van der Waals surface area contributed by atoms with E-state index < -0.39 is 10.6 Å². The van der Waals surface area contributed by atoms with Gasteiger partial charge in [0.15, 0.2) is 11.5 Å². The Morgan fingerprint density at radius 2 is 1.59 bits per heavy atom. The van der Waals surface area contributed by atoms with E-state index in [1.54, 1.807) is 36.4 Å². The van der Waals surface area contributed by atoms with Gasteiger partial charge in [-0.3, -0.25) is 10.1 Å². The third kappa shape index (κ3) is 4.12. The molecule has 0 atom stereocenters. The Labute approximate surface area is 155 Å².